The van der Waals surface area contributed by atoms with E-state index in [1.54, 1.807) is 50.8 Å². The maximum absolute atomic E-state index is 13.0. The zero-order chi connectivity index (χ0) is 20.8. The van der Waals surface area contributed by atoms with Crippen LogP contribution >= 0.6 is 11.3 Å². The van der Waals surface area contributed by atoms with Crippen molar-refractivity contribution in [2.75, 3.05) is 14.2 Å². The topological polar surface area (TPSA) is 72.8 Å². The molecule has 1 aromatic heterocycles. The summed E-state index contributed by atoms with van der Waals surface area (Å²) in [5, 5.41) is 6.70. The average Bonchev–Trinajstić information content (AvgIpc) is 3.20. The Morgan fingerprint density at radius 2 is 1.93 bits per heavy atom. The Bertz CT molecular complexity index is 1030. The van der Waals surface area contributed by atoms with Crippen LogP contribution in [0.15, 0.2) is 52.9 Å². The van der Waals surface area contributed by atoms with Crippen molar-refractivity contribution in [2.24, 2.45) is 5.10 Å². The summed E-state index contributed by atoms with van der Waals surface area (Å²) in [5.41, 5.74) is 5.33. The highest BCUT2D eigenvalue weighted by molar-refractivity contribution is 7.13. The molecule has 1 N–H and O–H groups in total. The third-order valence-electron chi connectivity index (χ3n) is 4.13. The normalized spacial score (nSPS) is 11.2. The molecule has 3 rings (SSSR count). The molecule has 0 spiro atoms. The number of amides is 1. The molecule has 0 aliphatic carbocycles. The van der Waals surface area contributed by atoms with Gasteiger partial charge in [-0.3, -0.25) is 4.79 Å². The van der Waals surface area contributed by atoms with Gasteiger partial charge in [-0.25, -0.2) is 14.8 Å². The van der Waals surface area contributed by atoms with Gasteiger partial charge in [-0.2, -0.15) is 5.10 Å². The van der Waals surface area contributed by atoms with Crippen LogP contribution in [0.2, 0.25) is 0 Å². The van der Waals surface area contributed by atoms with Crippen molar-refractivity contribution >= 4 is 23.0 Å². The number of carbonyl (C=O) groups excluding carboxylic acids is 1. The number of rotatable bonds is 7. The quantitative estimate of drug-likeness (QED) is 0.469. The standard InChI is InChI=1S/C21H20FN3O3S/c1-13(18-9-8-17(27-2)11-19(18)28-3)24-25-20(26)10-16-12-29-21(23-16)14-4-6-15(22)7-5-14/h4-9,11-12H,10H2,1-3H3,(H,25,26)/b24-13-. The van der Waals surface area contributed by atoms with Crippen molar-refractivity contribution in [3.05, 3.63) is 64.9 Å². The summed E-state index contributed by atoms with van der Waals surface area (Å²) in [6, 6.07) is 11.5. The monoisotopic (exact) mass is 413 g/mol. The van der Waals surface area contributed by atoms with E-state index >= 15 is 0 Å². The fourth-order valence-corrected chi connectivity index (χ4v) is 3.45. The Kier molecular flexibility index (Phi) is 6.56. The number of carbonyl (C=O) groups is 1. The molecule has 2 aromatic carbocycles. The first-order chi connectivity index (χ1) is 14.0. The van der Waals surface area contributed by atoms with Crippen LogP contribution in [0, 0.1) is 5.82 Å². The molecule has 0 unspecified atom stereocenters. The van der Waals surface area contributed by atoms with Crippen LogP contribution < -0.4 is 14.9 Å². The van der Waals surface area contributed by atoms with E-state index in [0.717, 1.165) is 16.1 Å². The highest BCUT2D eigenvalue weighted by Gasteiger charge is 2.11. The number of halogens is 1. The summed E-state index contributed by atoms with van der Waals surface area (Å²) in [6.07, 6.45) is 0.0915. The van der Waals surface area contributed by atoms with E-state index in [4.69, 9.17) is 9.47 Å². The first-order valence-corrected chi connectivity index (χ1v) is 9.64. The summed E-state index contributed by atoms with van der Waals surface area (Å²) >= 11 is 1.40. The van der Waals surface area contributed by atoms with Gasteiger partial charge in [-0.1, -0.05) is 0 Å². The van der Waals surface area contributed by atoms with Crippen LogP contribution in [0.4, 0.5) is 4.39 Å². The number of hydrogen-bond acceptors (Lipinski definition) is 6. The molecule has 3 aromatic rings. The van der Waals surface area contributed by atoms with Crippen LogP contribution in [0.5, 0.6) is 11.5 Å². The Labute approximate surface area is 172 Å². The number of benzene rings is 2. The number of nitrogens with one attached hydrogen (secondary N) is 1. The molecule has 0 bridgehead atoms. The van der Waals surface area contributed by atoms with Crippen LogP contribution in [-0.2, 0) is 11.2 Å². The number of methoxy groups -OCH3 is 2. The van der Waals surface area contributed by atoms with E-state index in [2.05, 4.69) is 15.5 Å². The average molecular weight is 413 g/mol. The van der Waals surface area contributed by atoms with Gasteiger partial charge in [-0.05, 0) is 43.3 Å². The second kappa shape index (κ2) is 9.29. The van der Waals surface area contributed by atoms with Crippen LogP contribution in [-0.4, -0.2) is 30.8 Å². The summed E-state index contributed by atoms with van der Waals surface area (Å²) < 4.78 is 23.6. The highest BCUT2D eigenvalue weighted by atomic mass is 32.1. The molecule has 0 saturated carbocycles. The van der Waals surface area contributed by atoms with E-state index in [1.165, 1.54) is 23.5 Å². The van der Waals surface area contributed by atoms with E-state index < -0.39 is 0 Å². The molecule has 0 atom stereocenters. The van der Waals surface area contributed by atoms with Gasteiger partial charge in [0.1, 0.15) is 22.3 Å². The van der Waals surface area contributed by atoms with Gasteiger partial charge in [0.15, 0.2) is 0 Å². The number of ether oxygens (including phenoxy) is 2. The summed E-state index contributed by atoms with van der Waals surface area (Å²) in [6.45, 7) is 1.78. The number of thiazole rings is 1. The number of hydrogen-bond donors (Lipinski definition) is 1. The maximum atomic E-state index is 13.0. The molecule has 0 fully saturated rings. The van der Waals surface area contributed by atoms with Gasteiger partial charge < -0.3 is 9.47 Å². The first-order valence-electron chi connectivity index (χ1n) is 8.76. The Hall–Kier alpha value is -3.26. The Morgan fingerprint density at radius 3 is 2.62 bits per heavy atom. The van der Waals surface area contributed by atoms with Crippen molar-refractivity contribution in [2.45, 2.75) is 13.3 Å². The van der Waals surface area contributed by atoms with Gasteiger partial charge in [-0.15, -0.1) is 11.3 Å². The van der Waals surface area contributed by atoms with Gasteiger partial charge in [0.2, 0.25) is 5.91 Å². The Balaban J connectivity index is 1.64. The smallest absolute Gasteiger partial charge is 0.246 e. The van der Waals surface area contributed by atoms with Crippen molar-refractivity contribution in [3.63, 3.8) is 0 Å². The molecular weight excluding hydrogens is 393 g/mol. The lowest BCUT2D eigenvalue weighted by Gasteiger charge is -2.10. The van der Waals surface area contributed by atoms with Gasteiger partial charge in [0.05, 0.1) is 32.0 Å². The van der Waals surface area contributed by atoms with Crippen LogP contribution in [0.25, 0.3) is 10.6 Å². The van der Waals surface area contributed by atoms with Gasteiger partial charge in [0, 0.05) is 22.6 Å². The Morgan fingerprint density at radius 1 is 1.17 bits per heavy atom. The zero-order valence-electron chi connectivity index (χ0n) is 16.2. The van der Waals surface area contributed by atoms with E-state index in [-0.39, 0.29) is 18.1 Å². The second-order valence-corrected chi connectivity index (χ2v) is 6.98. The fourth-order valence-electron chi connectivity index (χ4n) is 2.62. The molecule has 6 nitrogen and oxygen atoms in total. The molecule has 150 valence electrons. The summed E-state index contributed by atoms with van der Waals surface area (Å²) in [7, 11) is 3.14. The van der Waals surface area contributed by atoms with Gasteiger partial charge in [0.25, 0.3) is 0 Å². The maximum Gasteiger partial charge on any atom is 0.246 e. The molecule has 8 heteroatoms. The number of aromatic nitrogens is 1. The summed E-state index contributed by atoms with van der Waals surface area (Å²) in [4.78, 5) is 16.7. The lowest BCUT2D eigenvalue weighted by molar-refractivity contribution is -0.120. The first kappa shape index (κ1) is 20.5. The molecule has 0 aliphatic rings. The van der Waals surface area contributed by atoms with E-state index in [0.29, 0.717) is 22.9 Å². The molecular formula is C21H20FN3O3S. The third-order valence-corrected chi connectivity index (χ3v) is 5.07. The highest BCUT2D eigenvalue weighted by Crippen LogP contribution is 2.25. The van der Waals surface area contributed by atoms with Crippen LogP contribution in [0.3, 0.4) is 0 Å². The second-order valence-electron chi connectivity index (χ2n) is 6.13. The number of nitrogens with zero attached hydrogens (tertiary/aromatic N) is 2. The molecule has 0 saturated heterocycles. The molecule has 1 heterocycles. The molecule has 0 radical (unpaired) electrons. The largest absolute Gasteiger partial charge is 0.497 e. The predicted octanol–water partition coefficient (Wildman–Crippen LogP) is 4.05. The minimum absolute atomic E-state index is 0.0915. The van der Waals surface area contributed by atoms with E-state index in [1.807, 2.05) is 6.07 Å². The number of hydrazone groups is 1. The van der Waals surface area contributed by atoms with Crippen LogP contribution in [0.1, 0.15) is 18.2 Å². The predicted molar refractivity (Wildman–Crippen MR) is 111 cm³/mol. The minimum Gasteiger partial charge on any atom is -0.497 e. The lowest BCUT2D eigenvalue weighted by atomic mass is 10.1. The molecule has 29 heavy (non-hydrogen) atoms. The SMILES string of the molecule is COc1ccc(/C(C)=N\NC(=O)Cc2csc(-c3ccc(F)cc3)n2)c(OC)c1. The lowest BCUT2D eigenvalue weighted by Crippen LogP contribution is -2.21. The molecule has 0 aliphatic heterocycles. The molecule has 1 amide bonds. The van der Waals surface area contributed by atoms with Gasteiger partial charge >= 0.3 is 0 Å². The van der Waals surface area contributed by atoms with Crippen molar-refractivity contribution in [1.82, 2.24) is 10.4 Å². The summed E-state index contributed by atoms with van der Waals surface area (Å²) in [5.74, 6) is 0.686. The zero-order valence-corrected chi connectivity index (χ0v) is 17.0. The van der Waals surface area contributed by atoms with Crippen molar-refractivity contribution < 1.29 is 18.7 Å². The van der Waals surface area contributed by atoms with Crippen molar-refractivity contribution in [1.29, 1.82) is 0 Å². The third kappa shape index (κ3) is 5.17. The fraction of sp³-hybridized carbons (Fsp3) is 0.190. The van der Waals surface area contributed by atoms with Crippen molar-refractivity contribution in [3.8, 4) is 22.1 Å². The van der Waals surface area contributed by atoms with E-state index in [9.17, 15) is 9.18 Å². The minimum atomic E-state index is -0.299.